The van der Waals surface area contributed by atoms with Crippen LogP contribution in [-0.4, -0.2) is 48.3 Å². The number of piperidine rings is 2. The first-order valence-corrected chi connectivity index (χ1v) is 9.79. The third-order valence-electron chi connectivity index (χ3n) is 5.75. The molecule has 0 radical (unpaired) electrons. The first-order chi connectivity index (χ1) is 13.1. The fourth-order valence-corrected chi connectivity index (χ4v) is 4.26. The van der Waals surface area contributed by atoms with Crippen LogP contribution in [0.25, 0.3) is 0 Å². The maximum atomic E-state index is 12.7. The molecule has 3 N–H and O–H groups in total. The molecule has 1 unspecified atom stereocenters. The highest BCUT2D eigenvalue weighted by atomic mass is 16.2. The number of rotatable bonds is 5. The van der Waals surface area contributed by atoms with Gasteiger partial charge in [-0.1, -0.05) is 12.1 Å². The molecule has 2 fully saturated rings. The number of imide groups is 1. The summed E-state index contributed by atoms with van der Waals surface area (Å²) in [7, 11) is 0. The molecule has 1 aromatic carbocycles. The maximum absolute atomic E-state index is 12.7. The van der Waals surface area contributed by atoms with Crippen molar-refractivity contribution >= 4 is 17.7 Å². The molecule has 27 heavy (non-hydrogen) atoms. The molecule has 144 valence electrons. The number of nitrogens with one attached hydrogen (secondary N) is 3. The van der Waals surface area contributed by atoms with Gasteiger partial charge in [-0.25, -0.2) is 0 Å². The minimum Gasteiger partial charge on any atom is -0.322 e. The van der Waals surface area contributed by atoms with Crippen LogP contribution >= 0.6 is 0 Å². The SMILES string of the molecule is O=C1CCC(N2Cc3cc(CNC[C@H]4CCCNC4)ccc3C2=O)C(=O)N1. The van der Waals surface area contributed by atoms with Crippen LogP contribution in [0.3, 0.4) is 0 Å². The van der Waals surface area contributed by atoms with Crippen LogP contribution in [0.1, 0.15) is 47.2 Å². The van der Waals surface area contributed by atoms with E-state index >= 15 is 0 Å². The third kappa shape index (κ3) is 3.89. The molecular formula is C20H26N4O3. The summed E-state index contributed by atoms with van der Waals surface area (Å²) in [6.07, 6.45) is 3.18. The number of hydrogen-bond acceptors (Lipinski definition) is 5. The fourth-order valence-electron chi connectivity index (χ4n) is 4.26. The Hall–Kier alpha value is -2.25. The van der Waals surface area contributed by atoms with Crippen molar-refractivity contribution in [3.63, 3.8) is 0 Å². The van der Waals surface area contributed by atoms with Crippen LogP contribution in [0.15, 0.2) is 18.2 Å². The highest BCUT2D eigenvalue weighted by Gasteiger charge is 2.38. The van der Waals surface area contributed by atoms with Crippen LogP contribution in [0.5, 0.6) is 0 Å². The lowest BCUT2D eigenvalue weighted by molar-refractivity contribution is -0.136. The van der Waals surface area contributed by atoms with Gasteiger partial charge in [0.25, 0.3) is 5.91 Å². The van der Waals surface area contributed by atoms with E-state index in [0.29, 0.717) is 24.4 Å². The molecule has 0 spiro atoms. The van der Waals surface area contributed by atoms with Gasteiger partial charge < -0.3 is 15.5 Å². The smallest absolute Gasteiger partial charge is 0.255 e. The summed E-state index contributed by atoms with van der Waals surface area (Å²) >= 11 is 0. The molecular weight excluding hydrogens is 344 g/mol. The predicted octanol–water partition coefficient (Wildman–Crippen LogP) is 0.537. The van der Waals surface area contributed by atoms with Crippen molar-refractivity contribution in [2.75, 3.05) is 19.6 Å². The van der Waals surface area contributed by atoms with Crippen molar-refractivity contribution in [2.24, 2.45) is 5.92 Å². The second-order valence-electron chi connectivity index (χ2n) is 7.73. The van der Waals surface area contributed by atoms with E-state index in [-0.39, 0.29) is 24.1 Å². The fraction of sp³-hybridized carbons (Fsp3) is 0.550. The van der Waals surface area contributed by atoms with E-state index in [1.807, 2.05) is 12.1 Å². The zero-order valence-corrected chi connectivity index (χ0v) is 15.4. The summed E-state index contributed by atoms with van der Waals surface area (Å²) in [5.41, 5.74) is 2.78. The van der Waals surface area contributed by atoms with E-state index in [2.05, 4.69) is 22.0 Å². The van der Waals surface area contributed by atoms with Crippen molar-refractivity contribution in [2.45, 2.75) is 44.8 Å². The number of carbonyl (C=O) groups excluding carboxylic acids is 3. The zero-order chi connectivity index (χ0) is 18.8. The van der Waals surface area contributed by atoms with Crippen LogP contribution in [0.4, 0.5) is 0 Å². The minimum atomic E-state index is -0.553. The molecule has 3 amide bonds. The molecule has 2 atom stereocenters. The Morgan fingerprint density at radius 2 is 2.07 bits per heavy atom. The molecule has 0 aromatic heterocycles. The van der Waals surface area contributed by atoms with Gasteiger partial charge in [0.1, 0.15) is 6.04 Å². The molecule has 7 nitrogen and oxygen atoms in total. The van der Waals surface area contributed by atoms with Gasteiger partial charge in [-0.2, -0.15) is 0 Å². The number of benzene rings is 1. The highest BCUT2D eigenvalue weighted by molar-refractivity contribution is 6.05. The molecule has 4 rings (SSSR count). The Balaban J connectivity index is 1.37. The third-order valence-corrected chi connectivity index (χ3v) is 5.75. The van der Waals surface area contributed by atoms with Crippen molar-refractivity contribution in [1.82, 2.24) is 20.9 Å². The second-order valence-corrected chi connectivity index (χ2v) is 7.73. The Morgan fingerprint density at radius 3 is 2.85 bits per heavy atom. The average Bonchev–Trinajstić information content (AvgIpc) is 2.99. The topological polar surface area (TPSA) is 90.5 Å². The quantitative estimate of drug-likeness (QED) is 0.658. The lowest BCUT2D eigenvalue weighted by Gasteiger charge is -2.29. The van der Waals surface area contributed by atoms with Crippen LogP contribution < -0.4 is 16.0 Å². The van der Waals surface area contributed by atoms with Crippen LogP contribution in [0, 0.1) is 5.92 Å². The normalized spacial score (nSPS) is 25.5. The van der Waals surface area contributed by atoms with Crippen molar-refractivity contribution < 1.29 is 14.4 Å². The zero-order valence-electron chi connectivity index (χ0n) is 15.4. The van der Waals surface area contributed by atoms with Crippen molar-refractivity contribution in [1.29, 1.82) is 0 Å². The minimum absolute atomic E-state index is 0.118. The van der Waals surface area contributed by atoms with E-state index in [9.17, 15) is 14.4 Å². The monoisotopic (exact) mass is 370 g/mol. The summed E-state index contributed by atoms with van der Waals surface area (Å²) in [6.45, 7) is 4.40. The first kappa shape index (κ1) is 18.1. The van der Waals surface area contributed by atoms with E-state index < -0.39 is 6.04 Å². The number of fused-ring (bicyclic) bond motifs is 1. The van der Waals surface area contributed by atoms with E-state index in [1.165, 1.54) is 12.8 Å². The standard InChI is InChI=1S/C20H26N4O3/c25-18-6-5-17(19(26)23-18)24-12-15-8-13(3-4-16(15)20(24)27)9-22-11-14-2-1-7-21-10-14/h3-4,8,14,17,21-22H,1-2,5-7,9-12H2,(H,23,25,26)/t14-,17?/m0/s1. The summed E-state index contributed by atoms with van der Waals surface area (Å²) < 4.78 is 0. The number of hydrogen-bond donors (Lipinski definition) is 3. The molecule has 2 saturated heterocycles. The van der Waals surface area contributed by atoms with Gasteiger partial charge in [0, 0.05) is 25.1 Å². The summed E-state index contributed by atoms with van der Waals surface area (Å²) in [5.74, 6) is -0.0672. The van der Waals surface area contributed by atoms with E-state index in [0.717, 1.165) is 37.3 Å². The van der Waals surface area contributed by atoms with Gasteiger partial charge in [0.05, 0.1) is 0 Å². The number of nitrogens with zero attached hydrogens (tertiary/aromatic N) is 1. The summed E-state index contributed by atoms with van der Waals surface area (Å²) in [4.78, 5) is 37.7. The largest absolute Gasteiger partial charge is 0.322 e. The molecule has 3 aliphatic rings. The lowest BCUT2D eigenvalue weighted by Crippen LogP contribution is -2.52. The average molecular weight is 370 g/mol. The van der Waals surface area contributed by atoms with Gasteiger partial charge >= 0.3 is 0 Å². The Kier molecular flexibility index (Phi) is 5.22. The Labute approximate surface area is 158 Å². The van der Waals surface area contributed by atoms with Crippen LogP contribution in [0.2, 0.25) is 0 Å². The summed E-state index contributed by atoms with van der Waals surface area (Å²) in [5, 5.41) is 9.29. The van der Waals surface area contributed by atoms with E-state index in [4.69, 9.17) is 0 Å². The molecule has 0 saturated carbocycles. The van der Waals surface area contributed by atoms with Crippen molar-refractivity contribution in [3.05, 3.63) is 34.9 Å². The van der Waals surface area contributed by atoms with Crippen molar-refractivity contribution in [3.8, 4) is 0 Å². The molecule has 7 heteroatoms. The molecule has 0 aliphatic carbocycles. The summed E-state index contributed by atoms with van der Waals surface area (Å²) in [6, 6.07) is 5.35. The van der Waals surface area contributed by atoms with Crippen LogP contribution in [-0.2, 0) is 22.7 Å². The van der Waals surface area contributed by atoms with Gasteiger partial charge in [-0.05, 0) is 62.0 Å². The van der Waals surface area contributed by atoms with Gasteiger partial charge in [0.2, 0.25) is 11.8 Å². The van der Waals surface area contributed by atoms with Gasteiger partial charge in [-0.3, -0.25) is 19.7 Å². The molecule has 1 aromatic rings. The lowest BCUT2D eigenvalue weighted by atomic mass is 9.99. The second kappa shape index (κ2) is 7.78. The van der Waals surface area contributed by atoms with Gasteiger partial charge in [0.15, 0.2) is 0 Å². The number of amides is 3. The number of carbonyl (C=O) groups is 3. The predicted molar refractivity (Wildman–Crippen MR) is 99.8 cm³/mol. The first-order valence-electron chi connectivity index (χ1n) is 9.79. The Bertz CT molecular complexity index is 758. The maximum Gasteiger partial charge on any atom is 0.255 e. The van der Waals surface area contributed by atoms with Gasteiger partial charge in [-0.15, -0.1) is 0 Å². The van der Waals surface area contributed by atoms with E-state index in [1.54, 1.807) is 4.90 Å². The molecule has 3 aliphatic heterocycles. The molecule has 0 bridgehead atoms. The molecule has 3 heterocycles. The Morgan fingerprint density at radius 1 is 1.19 bits per heavy atom. The highest BCUT2D eigenvalue weighted by Crippen LogP contribution is 2.28.